The molecule has 0 saturated carbocycles. The number of piperidine rings is 1. The first kappa shape index (κ1) is 21.6. The molecule has 1 fully saturated rings. The van der Waals surface area contributed by atoms with Crippen LogP contribution in [0.25, 0.3) is 11.3 Å². The lowest BCUT2D eigenvalue weighted by Crippen LogP contribution is -2.30. The van der Waals surface area contributed by atoms with Crippen LogP contribution in [-0.2, 0) is 4.79 Å². The summed E-state index contributed by atoms with van der Waals surface area (Å²) in [6, 6.07) is 18.8. The summed E-state index contributed by atoms with van der Waals surface area (Å²) in [6.45, 7) is 4.53. The number of nitrogens with zero attached hydrogens (tertiary/aromatic N) is 3. The van der Waals surface area contributed by atoms with Crippen LogP contribution < -0.4 is 19.7 Å². The second kappa shape index (κ2) is 10.6. The molecule has 7 nitrogen and oxygen atoms in total. The van der Waals surface area contributed by atoms with Gasteiger partial charge in [0.25, 0.3) is 5.91 Å². The Balaban J connectivity index is 1.33. The molecule has 1 saturated heterocycles. The Hall–Kier alpha value is -3.61. The Morgan fingerprint density at radius 1 is 0.938 bits per heavy atom. The zero-order valence-corrected chi connectivity index (χ0v) is 18.3. The molecule has 1 aliphatic rings. The van der Waals surface area contributed by atoms with Crippen molar-refractivity contribution >= 4 is 17.4 Å². The maximum Gasteiger partial charge on any atom is 0.262 e. The van der Waals surface area contributed by atoms with Gasteiger partial charge in [-0.15, -0.1) is 10.2 Å². The number of aromatic nitrogens is 2. The largest absolute Gasteiger partial charge is 0.494 e. The van der Waals surface area contributed by atoms with Crippen molar-refractivity contribution in [1.82, 2.24) is 10.2 Å². The van der Waals surface area contributed by atoms with E-state index in [0.717, 1.165) is 35.9 Å². The average molecular weight is 433 g/mol. The van der Waals surface area contributed by atoms with Crippen molar-refractivity contribution in [1.29, 1.82) is 0 Å². The van der Waals surface area contributed by atoms with Crippen molar-refractivity contribution in [3.8, 4) is 22.8 Å². The molecule has 7 heteroatoms. The minimum atomic E-state index is -0.234. The van der Waals surface area contributed by atoms with E-state index in [1.165, 1.54) is 19.3 Å². The maximum atomic E-state index is 12.3. The van der Waals surface area contributed by atoms with Gasteiger partial charge in [-0.2, -0.15) is 0 Å². The summed E-state index contributed by atoms with van der Waals surface area (Å²) >= 11 is 0. The van der Waals surface area contributed by atoms with E-state index in [-0.39, 0.29) is 12.5 Å². The van der Waals surface area contributed by atoms with Crippen molar-refractivity contribution in [2.75, 3.05) is 36.5 Å². The van der Waals surface area contributed by atoms with Crippen molar-refractivity contribution in [3.05, 3.63) is 60.7 Å². The number of rotatable bonds is 8. The van der Waals surface area contributed by atoms with E-state index in [2.05, 4.69) is 20.4 Å². The normalized spacial score (nSPS) is 13.5. The fraction of sp³-hybridized carbons (Fsp3) is 0.320. The number of nitrogens with one attached hydrogen (secondary N) is 1. The number of ether oxygens (including phenoxy) is 2. The number of amides is 1. The van der Waals surface area contributed by atoms with Gasteiger partial charge in [0.1, 0.15) is 11.5 Å². The van der Waals surface area contributed by atoms with Gasteiger partial charge in [0.15, 0.2) is 12.4 Å². The minimum Gasteiger partial charge on any atom is -0.494 e. The third kappa shape index (κ3) is 5.75. The third-order valence-electron chi connectivity index (χ3n) is 5.28. The molecule has 2 aromatic carbocycles. The van der Waals surface area contributed by atoms with Gasteiger partial charge in [0.05, 0.1) is 12.3 Å². The molecule has 0 bridgehead atoms. The quantitative estimate of drug-likeness (QED) is 0.563. The monoisotopic (exact) mass is 432 g/mol. The minimum absolute atomic E-state index is 0.0808. The third-order valence-corrected chi connectivity index (χ3v) is 5.28. The maximum absolute atomic E-state index is 12.3. The van der Waals surface area contributed by atoms with Crippen LogP contribution >= 0.6 is 0 Å². The Bertz CT molecular complexity index is 1020. The van der Waals surface area contributed by atoms with Crippen LogP contribution in [0.5, 0.6) is 11.5 Å². The van der Waals surface area contributed by atoms with Gasteiger partial charge in [-0.3, -0.25) is 4.79 Å². The van der Waals surface area contributed by atoms with E-state index in [4.69, 9.17) is 9.47 Å². The summed E-state index contributed by atoms with van der Waals surface area (Å²) < 4.78 is 11.0. The van der Waals surface area contributed by atoms with E-state index in [9.17, 15) is 4.79 Å². The van der Waals surface area contributed by atoms with E-state index >= 15 is 0 Å². The Morgan fingerprint density at radius 3 is 2.38 bits per heavy atom. The van der Waals surface area contributed by atoms with E-state index in [0.29, 0.717) is 18.0 Å². The molecule has 0 unspecified atom stereocenters. The smallest absolute Gasteiger partial charge is 0.262 e. The molecule has 0 aliphatic carbocycles. The molecule has 0 atom stereocenters. The average Bonchev–Trinajstić information content (AvgIpc) is 2.85. The number of hydrogen-bond acceptors (Lipinski definition) is 6. The highest BCUT2D eigenvalue weighted by molar-refractivity contribution is 5.92. The van der Waals surface area contributed by atoms with Crippen LogP contribution in [0, 0.1) is 0 Å². The van der Waals surface area contributed by atoms with Crippen LogP contribution in [-0.4, -0.2) is 42.4 Å². The SMILES string of the molecule is CCOc1ccc(OCC(=O)Nc2cccc(-c3ccc(N4CCCCC4)nn3)c2)cc1. The number of carbonyl (C=O) groups excluding carboxylic acids is 1. The molecule has 1 aliphatic heterocycles. The molecular weight excluding hydrogens is 404 g/mol. The van der Waals surface area contributed by atoms with Gasteiger partial charge < -0.3 is 19.7 Å². The topological polar surface area (TPSA) is 76.6 Å². The van der Waals surface area contributed by atoms with E-state index < -0.39 is 0 Å². The van der Waals surface area contributed by atoms with Gasteiger partial charge in [0.2, 0.25) is 0 Å². The predicted octanol–water partition coefficient (Wildman–Crippen LogP) is 4.55. The summed E-state index contributed by atoms with van der Waals surface area (Å²) in [5.74, 6) is 2.07. The molecular formula is C25H28N4O3. The molecule has 4 rings (SSSR count). The standard InChI is InChI=1S/C25H28N4O3/c1-2-31-21-9-11-22(12-10-21)32-18-25(30)26-20-8-6-7-19(17-20)23-13-14-24(28-27-23)29-15-4-3-5-16-29/h6-14,17H,2-5,15-16,18H2,1H3,(H,26,30). The molecule has 2 heterocycles. The van der Waals surface area contributed by atoms with Crippen molar-refractivity contribution in [2.24, 2.45) is 0 Å². The number of benzene rings is 2. The summed E-state index contributed by atoms with van der Waals surface area (Å²) in [5, 5.41) is 11.7. The lowest BCUT2D eigenvalue weighted by Gasteiger charge is -2.27. The first-order valence-corrected chi connectivity index (χ1v) is 11.1. The predicted molar refractivity (Wildman–Crippen MR) is 125 cm³/mol. The Kier molecular flexibility index (Phi) is 7.17. The molecule has 0 spiro atoms. The van der Waals surface area contributed by atoms with Crippen LogP contribution in [0.3, 0.4) is 0 Å². The van der Waals surface area contributed by atoms with Crippen molar-refractivity contribution in [2.45, 2.75) is 26.2 Å². The van der Waals surface area contributed by atoms with Crippen LogP contribution in [0.1, 0.15) is 26.2 Å². The van der Waals surface area contributed by atoms with Gasteiger partial charge in [-0.05, 0) is 74.7 Å². The van der Waals surface area contributed by atoms with Crippen LogP contribution in [0.15, 0.2) is 60.7 Å². The number of carbonyl (C=O) groups is 1. The van der Waals surface area contributed by atoms with Crippen LogP contribution in [0.4, 0.5) is 11.5 Å². The molecule has 32 heavy (non-hydrogen) atoms. The van der Waals surface area contributed by atoms with Gasteiger partial charge in [-0.25, -0.2) is 0 Å². The molecule has 3 aromatic rings. The highest BCUT2D eigenvalue weighted by Crippen LogP contribution is 2.23. The van der Waals surface area contributed by atoms with Gasteiger partial charge in [0, 0.05) is 24.3 Å². The van der Waals surface area contributed by atoms with Gasteiger partial charge in [-0.1, -0.05) is 12.1 Å². The Morgan fingerprint density at radius 2 is 1.69 bits per heavy atom. The zero-order chi connectivity index (χ0) is 22.2. The lowest BCUT2D eigenvalue weighted by atomic mass is 10.1. The first-order chi connectivity index (χ1) is 15.7. The summed E-state index contributed by atoms with van der Waals surface area (Å²) in [6.07, 6.45) is 3.69. The summed E-state index contributed by atoms with van der Waals surface area (Å²) in [4.78, 5) is 14.6. The second-order valence-electron chi connectivity index (χ2n) is 7.65. The van der Waals surface area contributed by atoms with E-state index in [1.807, 2.05) is 55.5 Å². The molecule has 0 radical (unpaired) electrons. The molecule has 1 aromatic heterocycles. The highest BCUT2D eigenvalue weighted by atomic mass is 16.5. The molecule has 1 N–H and O–H groups in total. The molecule has 1 amide bonds. The Labute approximate surface area is 188 Å². The summed E-state index contributed by atoms with van der Waals surface area (Å²) in [5.41, 5.74) is 2.35. The van der Waals surface area contributed by atoms with Crippen molar-refractivity contribution in [3.63, 3.8) is 0 Å². The van der Waals surface area contributed by atoms with Gasteiger partial charge >= 0.3 is 0 Å². The van der Waals surface area contributed by atoms with Crippen molar-refractivity contribution < 1.29 is 14.3 Å². The van der Waals surface area contributed by atoms with Crippen LogP contribution in [0.2, 0.25) is 0 Å². The first-order valence-electron chi connectivity index (χ1n) is 11.1. The number of anilines is 2. The molecule has 166 valence electrons. The van der Waals surface area contributed by atoms with E-state index in [1.54, 1.807) is 12.1 Å². The second-order valence-corrected chi connectivity index (χ2v) is 7.65. The fourth-order valence-corrected chi connectivity index (χ4v) is 3.67. The fourth-order valence-electron chi connectivity index (χ4n) is 3.67. The lowest BCUT2D eigenvalue weighted by molar-refractivity contribution is -0.118. The zero-order valence-electron chi connectivity index (χ0n) is 18.3. The summed E-state index contributed by atoms with van der Waals surface area (Å²) in [7, 11) is 0. The number of hydrogen-bond donors (Lipinski definition) is 1. The highest BCUT2D eigenvalue weighted by Gasteiger charge is 2.13.